The van der Waals surface area contributed by atoms with Crippen LogP contribution in [-0.4, -0.2) is 36.8 Å². The largest absolute Gasteiger partial charge is 0.496 e. The maximum absolute atomic E-state index is 13.0. The number of sulfone groups is 1. The summed E-state index contributed by atoms with van der Waals surface area (Å²) in [5.74, 6) is 0.968. The molecule has 0 saturated carbocycles. The normalized spacial score (nSPS) is 12.3. The lowest BCUT2D eigenvalue weighted by Crippen LogP contribution is -2.28. The summed E-state index contributed by atoms with van der Waals surface area (Å²) in [7, 11) is -0.554. The van der Waals surface area contributed by atoms with Crippen LogP contribution in [0.4, 0.5) is 0 Å². The molecule has 0 aliphatic heterocycles. The minimum absolute atomic E-state index is 0.133. The smallest absolute Gasteiger partial charge is 0.188 e. The summed E-state index contributed by atoms with van der Waals surface area (Å²) in [6, 6.07) is 9.17. The molecule has 0 fully saturated rings. The Morgan fingerprint density at radius 3 is 2.31 bits per heavy atom. The zero-order chi connectivity index (χ0) is 19.1. The number of nitrogens with zero attached hydrogens (tertiary/aromatic N) is 2. The van der Waals surface area contributed by atoms with Crippen molar-refractivity contribution in [3.05, 3.63) is 42.7 Å². The van der Waals surface area contributed by atoms with Crippen LogP contribution < -0.4 is 9.47 Å². The van der Waals surface area contributed by atoms with Crippen molar-refractivity contribution >= 4 is 15.5 Å². The zero-order valence-electron chi connectivity index (χ0n) is 15.5. The predicted octanol–water partition coefficient (Wildman–Crippen LogP) is 3.59. The molecule has 0 atom stereocenters. The third-order valence-electron chi connectivity index (χ3n) is 4.27. The molecule has 7 heteroatoms. The van der Waals surface area contributed by atoms with Gasteiger partial charge in [-0.2, -0.15) is 0 Å². The number of aromatic nitrogens is 2. The van der Waals surface area contributed by atoms with Crippen molar-refractivity contribution < 1.29 is 17.9 Å². The van der Waals surface area contributed by atoms with E-state index in [0.29, 0.717) is 11.4 Å². The van der Waals surface area contributed by atoms with Crippen molar-refractivity contribution in [3.8, 4) is 22.8 Å². The number of imidazole rings is 1. The van der Waals surface area contributed by atoms with Gasteiger partial charge < -0.3 is 9.47 Å². The van der Waals surface area contributed by atoms with E-state index in [1.165, 1.54) is 7.11 Å². The monoisotopic (exact) mass is 374 g/mol. The number of hydrogen-bond donors (Lipinski definition) is 0. The first kappa shape index (κ1) is 18.3. The molecular formula is C19H22N2O4S. The molecule has 1 aromatic carbocycles. The number of methoxy groups -OCH3 is 2. The minimum Gasteiger partial charge on any atom is -0.496 e. The van der Waals surface area contributed by atoms with E-state index in [1.807, 2.05) is 24.3 Å². The van der Waals surface area contributed by atoms with Gasteiger partial charge in [0, 0.05) is 17.8 Å². The Morgan fingerprint density at radius 2 is 1.69 bits per heavy atom. The Labute approximate surface area is 153 Å². The number of fused-ring (bicyclic) bond motifs is 1. The maximum atomic E-state index is 13.0. The van der Waals surface area contributed by atoms with Crippen LogP contribution in [0.2, 0.25) is 0 Å². The molecule has 0 amide bonds. The molecule has 0 spiro atoms. The summed E-state index contributed by atoms with van der Waals surface area (Å²) in [6.45, 7) is 5.00. The Bertz CT molecular complexity index is 1060. The quantitative estimate of drug-likeness (QED) is 0.698. The third-order valence-corrected chi connectivity index (χ3v) is 6.77. The first-order chi connectivity index (χ1) is 12.2. The van der Waals surface area contributed by atoms with E-state index in [1.54, 1.807) is 50.7 Å². The van der Waals surface area contributed by atoms with E-state index in [-0.39, 0.29) is 10.6 Å². The number of benzene rings is 1. The molecule has 3 aromatic rings. The van der Waals surface area contributed by atoms with Crippen LogP contribution in [0.15, 0.2) is 47.6 Å². The van der Waals surface area contributed by atoms with Crippen molar-refractivity contribution in [2.75, 3.05) is 14.2 Å². The topological polar surface area (TPSA) is 69.9 Å². The average Bonchev–Trinajstić information content (AvgIpc) is 3.02. The maximum Gasteiger partial charge on any atom is 0.188 e. The summed E-state index contributed by atoms with van der Waals surface area (Å²) in [4.78, 5) is 4.53. The van der Waals surface area contributed by atoms with Crippen LogP contribution in [0.1, 0.15) is 20.8 Å². The van der Waals surface area contributed by atoms with Crippen LogP contribution in [0.25, 0.3) is 16.9 Å². The van der Waals surface area contributed by atoms with Crippen LogP contribution in [-0.2, 0) is 9.84 Å². The highest BCUT2D eigenvalue weighted by Gasteiger charge is 2.34. The van der Waals surface area contributed by atoms with Crippen molar-refractivity contribution in [2.24, 2.45) is 0 Å². The number of hydrogen-bond acceptors (Lipinski definition) is 5. The lowest BCUT2D eigenvalue weighted by atomic mass is 10.1. The van der Waals surface area contributed by atoms with E-state index >= 15 is 0 Å². The molecule has 0 aliphatic rings. The second kappa shape index (κ2) is 6.32. The molecule has 3 rings (SSSR count). The van der Waals surface area contributed by atoms with Gasteiger partial charge in [0.2, 0.25) is 0 Å². The summed E-state index contributed by atoms with van der Waals surface area (Å²) < 4.78 is 37.6. The fourth-order valence-corrected chi connectivity index (χ4v) is 4.04. The van der Waals surface area contributed by atoms with Gasteiger partial charge in [-0.3, -0.25) is 4.40 Å². The molecule has 0 radical (unpaired) electrons. The highest BCUT2D eigenvalue weighted by Crippen LogP contribution is 2.36. The van der Waals surface area contributed by atoms with E-state index in [4.69, 9.17) is 9.47 Å². The molecule has 138 valence electrons. The number of pyridine rings is 1. The lowest BCUT2D eigenvalue weighted by molar-refractivity contribution is 0.401. The Hall–Kier alpha value is -2.54. The fourth-order valence-electron chi connectivity index (χ4n) is 2.73. The summed E-state index contributed by atoms with van der Waals surface area (Å²) in [6.07, 6.45) is 3.27. The van der Waals surface area contributed by atoms with Crippen molar-refractivity contribution in [3.63, 3.8) is 0 Å². The second-order valence-electron chi connectivity index (χ2n) is 6.89. The van der Waals surface area contributed by atoms with Gasteiger partial charge in [0.25, 0.3) is 0 Å². The highest BCUT2D eigenvalue weighted by atomic mass is 32.2. The first-order valence-corrected chi connectivity index (χ1v) is 9.62. The minimum atomic E-state index is -3.61. The zero-order valence-corrected chi connectivity index (χ0v) is 16.3. The predicted molar refractivity (Wildman–Crippen MR) is 101 cm³/mol. The Morgan fingerprint density at radius 1 is 1.04 bits per heavy atom. The molecular weight excluding hydrogens is 352 g/mol. The average molecular weight is 374 g/mol. The van der Waals surface area contributed by atoms with Crippen LogP contribution >= 0.6 is 0 Å². The summed E-state index contributed by atoms with van der Waals surface area (Å²) in [5, 5.41) is 0. The van der Waals surface area contributed by atoms with Gasteiger partial charge in [-0.15, -0.1) is 0 Å². The molecule has 0 saturated heterocycles. The van der Waals surface area contributed by atoms with Crippen molar-refractivity contribution in [1.82, 2.24) is 9.38 Å². The standard InChI is InChI=1S/C19H22N2O4S/c1-19(2,3)26(22,23)17-12-21-14(11-20-18(21)10-16(17)25-5)13-8-6-7-9-15(13)24-4/h6-12H,1-5H3. The molecule has 6 nitrogen and oxygen atoms in total. The second-order valence-corrected chi connectivity index (χ2v) is 9.57. The van der Waals surface area contributed by atoms with Crippen LogP contribution in [0.3, 0.4) is 0 Å². The molecule has 0 N–H and O–H groups in total. The third kappa shape index (κ3) is 2.82. The van der Waals surface area contributed by atoms with Crippen molar-refractivity contribution in [2.45, 2.75) is 30.4 Å². The Kier molecular flexibility index (Phi) is 4.44. The number of rotatable bonds is 4. The van der Waals surface area contributed by atoms with Gasteiger partial charge in [-0.1, -0.05) is 12.1 Å². The Balaban J connectivity index is 2.33. The molecule has 0 bridgehead atoms. The number of ether oxygens (including phenoxy) is 2. The molecule has 2 heterocycles. The van der Waals surface area contributed by atoms with Crippen molar-refractivity contribution in [1.29, 1.82) is 0 Å². The van der Waals surface area contributed by atoms with E-state index in [9.17, 15) is 8.42 Å². The van der Waals surface area contributed by atoms with Gasteiger partial charge in [-0.05, 0) is 32.9 Å². The molecule has 2 aromatic heterocycles. The molecule has 26 heavy (non-hydrogen) atoms. The SMILES string of the molecule is COc1ccccc1-c1cnc2cc(OC)c(S(=O)(=O)C(C)(C)C)cn12. The highest BCUT2D eigenvalue weighted by molar-refractivity contribution is 7.92. The molecule has 0 aliphatic carbocycles. The van der Waals surface area contributed by atoms with E-state index in [0.717, 1.165) is 11.3 Å². The summed E-state index contributed by atoms with van der Waals surface area (Å²) in [5.41, 5.74) is 2.16. The van der Waals surface area contributed by atoms with Gasteiger partial charge in [-0.25, -0.2) is 13.4 Å². The summed E-state index contributed by atoms with van der Waals surface area (Å²) >= 11 is 0. The lowest BCUT2D eigenvalue weighted by Gasteiger charge is -2.21. The van der Waals surface area contributed by atoms with E-state index in [2.05, 4.69) is 4.98 Å². The van der Waals surface area contributed by atoms with Gasteiger partial charge >= 0.3 is 0 Å². The van der Waals surface area contributed by atoms with Gasteiger partial charge in [0.05, 0.1) is 30.9 Å². The van der Waals surface area contributed by atoms with Gasteiger partial charge in [0.15, 0.2) is 9.84 Å². The molecule has 0 unspecified atom stereocenters. The fraction of sp³-hybridized carbons (Fsp3) is 0.316. The van der Waals surface area contributed by atoms with Gasteiger partial charge in [0.1, 0.15) is 22.0 Å². The van der Waals surface area contributed by atoms with Crippen LogP contribution in [0, 0.1) is 0 Å². The van der Waals surface area contributed by atoms with Crippen LogP contribution in [0.5, 0.6) is 11.5 Å². The van der Waals surface area contributed by atoms with E-state index < -0.39 is 14.6 Å². The first-order valence-electron chi connectivity index (χ1n) is 8.14. The number of para-hydroxylation sites is 1.